The molecule has 1 saturated heterocycles. The summed E-state index contributed by atoms with van der Waals surface area (Å²) in [6.07, 6.45) is 0. The van der Waals surface area contributed by atoms with E-state index in [0.29, 0.717) is 12.4 Å². The monoisotopic (exact) mass is 160 g/mol. The normalized spacial score (nSPS) is 23.7. The predicted molar refractivity (Wildman–Crippen MR) is 37.9 cm³/mol. The third-order valence-electron chi connectivity index (χ3n) is 1.19. The number of ether oxygens (including phenoxy) is 1. The summed E-state index contributed by atoms with van der Waals surface area (Å²) in [5, 5.41) is -0.514. The van der Waals surface area contributed by atoms with E-state index in [2.05, 4.69) is 4.74 Å². The van der Waals surface area contributed by atoms with Crippen LogP contribution < -0.4 is 0 Å². The third kappa shape index (κ3) is 1.31. The van der Waals surface area contributed by atoms with Gasteiger partial charge in [0.1, 0.15) is 0 Å². The zero-order chi connectivity index (χ0) is 7.56. The average Bonchev–Trinajstić information content (AvgIpc) is 1.85. The van der Waals surface area contributed by atoms with E-state index >= 15 is 0 Å². The standard InChI is InChI=1S/C6H8O3S/c1-2-9-6(8)5-4(7)3-10-5/h5H,2-3H2,1H3. The van der Waals surface area contributed by atoms with E-state index < -0.39 is 5.25 Å². The molecule has 0 amide bonds. The summed E-state index contributed by atoms with van der Waals surface area (Å²) in [5.74, 6) is 0.0657. The van der Waals surface area contributed by atoms with Crippen molar-refractivity contribution >= 4 is 23.5 Å². The van der Waals surface area contributed by atoms with Gasteiger partial charge in [0.15, 0.2) is 11.0 Å². The van der Waals surface area contributed by atoms with Gasteiger partial charge in [-0.1, -0.05) is 0 Å². The predicted octanol–water partition coefficient (Wildman–Crippen LogP) is 0.234. The maximum absolute atomic E-state index is 10.8. The Kier molecular flexibility index (Phi) is 2.32. The van der Waals surface area contributed by atoms with Gasteiger partial charge in [0, 0.05) is 0 Å². The maximum Gasteiger partial charge on any atom is 0.326 e. The molecule has 0 radical (unpaired) electrons. The van der Waals surface area contributed by atoms with E-state index in [-0.39, 0.29) is 11.8 Å². The minimum atomic E-state index is -0.514. The van der Waals surface area contributed by atoms with Gasteiger partial charge in [-0.2, -0.15) is 0 Å². The Bertz CT molecular complexity index is 166. The first kappa shape index (κ1) is 7.60. The summed E-state index contributed by atoms with van der Waals surface area (Å²) >= 11 is 1.34. The number of thioether (sulfide) groups is 1. The van der Waals surface area contributed by atoms with Crippen LogP contribution in [0.15, 0.2) is 0 Å². The molecule has 1 atom stereocenters. The van der Waals surface area contributed by atoms with E-state index in [1.54, 1.807) is 6.92 Å². The summed E-state index contributed by atoms with van der Waals surface area (Å²) in [6, 6.07) is 0. The summed E-state index contributed by atoms with van der Waals surface area (Å²) < 4.78 is 4.64. The van der Waals surface area contributed by atoms with Crippen molar-refractivity contribution in [1.82, 2.24) is 0 Å². The van der Waals surface area contributed by atoms with Crippen molar-refractivity contribution in [1.29, 1.82) is 0 Å². The fraction of sp³-hybridized carbons (Fsp3) is 0.667. The molecular weight excluding hydrogens is 152 g/mol. The molecule has 0 N–H and O–H groups in total. The molecule has 1 unspecified atom stereocenters. The molecule has 0 aromatic rings. The Morgan fingerprint density at radius 1 is 1.90 bits per heavy atom. The van der Waals surface area contributed by atoms with Crippen LogP contribution in [0.3, 0.4) is 0 Å². The number of ketones is 1. The first-order chi connectivity index (χ1) is 4.75. The van der Waals surface area contributed by atoms with Gasteiger partial charge in [-0.25, -0.2) is 0 Å². The van der Waals surface area contributed by atoms with Crippen molar-refractivity contribution in [2.75, 3.05) is 12.4 Å². The highest BCUT2D eigenvalue weighted by Gasteiger charge is 2.36. The highest BCUT2D eigenvalue weighted by Crippen LogP contribution is 2.24. The second-order valence-electron chi connectivity index (χ2n) is 1.91. The van der Waals surface area contributed by atoms with Crippen LogP contribution in [0.4, 0.5) is 0 Å². The molecule has 10 heavy (non-hydrogen) atoms. The Labute approximate surface area is 63.1 Å². The lowest BCUT2D eigenvalue weighted by molar-refractivity contribution is -0.144. The SMILES string of the molecule is CCOC(=O)C1SCC1=O. The molecule has 0 spiro atoms. The Morgan fingerprint density at radius 2 is 2.60 bits per heavy atom. The molecule has 0 aromatic carbocycles. The molecule has 1 fully saturated rings. The zero-order valence-corrected chi connectivity index (χ0v) is 6.44. The largest absolute Gasteiger partial charge is 0.465 e. The molecular formula is C6H8O3S. The van der Waals surface area contributed by atoms with E-state index in [1.165, 1.54) is 11.8 Å². The highest BCUT2D eigenvalue weighted by molar-refractivity contribution is 8.04. The van der Waals surface area contributed by atoms with Gasteiger partial charge in [-0.15, -0.1) is 11.8 Å². The van der Waals surface area contributed by atoms with Gasteiger partial charge in [-0.3, -0.25) is 9.59 Å². The fourth-order valence-corrected chi connectivity index (χ4v) is 1.33. The highest BCUT2D eigenvalue weighted by atomic mass is 32.2. The van der Waals surface area contributed by atoms with Crippen LogP contribution in [0.2, 0.25) is 0 Å². The molecule has 0 aromatic heterocycles. The summed E-state index contributed by atoms with van der Waals surface area (Å²) in [6.45, 7) is 2.08. The van der Waals surface area contributed by atoms with Gasteiger partial charge in [0.25, 0.3) is 0 Å². The van der Waals surface area contributed by atoms with Gasteiger partial charge < -0.3 is 4.74 Å². The van der Waals surface area contributed by atoms with Crippen LogP contribution in [0, 0.1) is 0 Å². The number of carbonyl (C=O) groups excluding carboxylic acids is 2. The molecule has 4 heteroatoms. The maximum atomic E-state index is 10.8. The number of Topliss-reactive ketones (excluding diaryl/α,β-unsaturated/α-hetero) is 1. The lowest BCUT2D eigenvalue weighted by Gasteiger charge is -2.20. The second-order valence-corrected chi connectivity index (χ2v) is 3.00. The van der Waals surface area contributed by atoms with Gasteiger partial charge in [-0.05, 0) is 6.92 Å². The lowest BCUT2D eigenvalue weighted by atomic mass is 10.3. The molecule has 56 valence electrons. The molecule has 1 aliphatic rings. The topological polar surface area (TPSA) is 43.4 Å². The van der Waals surface area contributed by atoms with Gasteiger partial charge in [0.2, 0.25) is 0 Å². The van der Waals surface area contributed by atoms with E-state index in [1.807, 2.05) is 0 Å². The van der Waals surface area contributed by atoms with Crippen LogP contribution in [0.5, 0.6) is 0 Å². The summed E-state index contributed by atoms with van der Waals surface area (Å²) in [5.41, 5.74) is 0. The summed E-state index contributed by atoms with van der Waals surface area (Å²) in [4.78, 5) is 21.4. The van der Waals surface area contributed by atoms with Crippen molar-refractivity contribution in [3.8, 4) is 0 Å². The number of hydrogen-bond acceptors (Lipinski definition) is 4. The van der Waals surface area contributed by atoms with Crippen molar-refractivity contribution < 1.29 is 14.3 Å². The van der Waals surface area contributed by atoms with E-state index in [4.69, 9.17) is 0 Å². The number of esters is 1. The quantitative estimate of drug-likeness (QED) is 0.428. The molecule has 1 heterocycles. The summed E-state index contributed by atoms with van der Waals surface area (Å²) in [7, 11) is 0. The fourth-order valence-electron chi connectivity index (χ4n) is 0.652. The molecule has 1 aliphatic heterocycles. The smallest absolute Gasteiger partial charge is 0.326 e. The first-order valence-corrected chi connectivity index (χ1v) is 4.11. The number of carbonyl (C=O) groups is 2. The van der Waals surface area contributed by atoms with Crippen LogP contribution in [0.25, 0.3) is 0 Å². The zero-order valence-electron chi connectivity index (χ0n) is 5.62. The van der Waals surface area contributed by atoms with Crippen molar-refractivity contribution in [3.05, 3.63) is 0 Å². The Morgan fingerprint density at radius 3 is 2.90 bits per heavy atom. The average molecular weight is 160 g/mol. The van der Waals surface area contributed by atoms with E-state index in [9.17, 15) is 9.59 Å². The van der Waals surface area contributed by atoms with Crippen LogP contribution in [-0.4, -0.2) is 29.4 Å². The number of hydrogen-bond donors (Lipinski definition) is 0. The second kappa shape index (κ2) is 3.05. The third-order valence-corrected chi connectivity index (χ3v) is 2.43. The van der Waals surface area contributed by atoms with Crippen molar-refractivity contribution in [2.24, 2.45) is 0 Å². The van der Waals surface area contributed by atoms with Crippen molar-refractivity contribution in [3.63, 3.8) is 0 Å². The van der Waals surface area contributed by atoms with Crippen LogP contribution >= 0.6 is 11.8 Å². The van der Waals surface area contributed by atoms with Crippen LogP contribution in [0.1, 0.15) is 6.92 Å². The molecule has 3 nitrogen and oxygen atoms in total. The Hall–Kier alpha value is -0.510. The minimum absolute atomic E-state index is 0.0107. The number of rotatable bonds is 2. The van der Waals surface area contributed by atoms with Crippen molar-refractivity contribution in [2.45, 2.75) is 12.2 Å². The molecule has 1 rings (SSSR count). The minimum Gasteiger partial charge on any atom is -0.465 e. The van der Waals surface area contributed by atoms with Crippen LogP contribution in [-0.2, 0) is 14.3 Å². The van der Waals surface area contributed by atoms with E-state index in [0.717, 1.165) is 0 Å². The van der Waals surface area contributed by atoms with Gasteiger partial charge in [0.05, 0.1) is 12.4 Å². The molecule has 0 saturated carbocycles. The van der Waals surface area contributed by atoms with Gasteiger partial charge >= 0.3 is 5.97 Å². The Balaban J connectivity index is 2.34. The molecule has 0 aliphatic carbocycles. The first-order valence-electron chi connectivity index (χ1n) is 3.06. The lowest BCUT2D eigenvalue weighted by Crippen LogP contribution is -2.38. The molecule has 0 bridgehead atoms.